The van der Waals surface area contributed by atoms with Gasteiger partial charge in [-0.3, -0.25) is 15.0 Å². The van der Waals surface area contributed by atoms with Crippen molar-refractivity contribution in [2.24, 2.45) is 0 Å². The van der Waals surface area contributed by atoms with Crippen LogP contribution in [0.1, 0.15) is 0 Å². The third-order valence-corrected chi connectivity index (χ3v) is 7.45. The predicted octanol–water partition coefficient (Wildman–Crippen LogP) is 8.18. The molecule has 0 fully saturated rings. The summed E-state index contributed by atoms with van der Waals surface area (Å²) in [5.74, 6) is 1.77. The molecule has 6 heteroatoms. The van der Waals surface area contributed by atoms with Gasteiger partial charge in [0.15, 0.2) is 17.5 Å². The zero-order valence-electron chi connectivity index (χ0n) is 22.4. The van der Waals surface area contributed by atoms with Gasteiger partial charge in [0.05, 0.1) is 16.7 Å². The van der Waals surface area contributed by atoms with E-state index in [-0.39, 0.29) is 0 Å². The molecule has 196 valence electrons. The minimum atomic E-state index is 0.587. The fraction of sp³-hybridized carbons (Fsp3) is 0. The number of pyridine rings is 3. The van der Waals surface area contributed by atoms with Crippen LogP contribution < -0.4 is 0 Å². The molecule has 0 saturated heterocycles. The number of hydrogen-bond donors (Lipinski definition) is 0. The first-order valence-corrected chi connectivity index (χ1v) is 13.7. The van der Waals surface area contributed by atoms with Crippen LogP contribution in [0.4, 0.5) is 0 Å². The summed E-state index contributed by atoms with van der Waals surface area (Å²) in [6.07, 6.45) is 5.45. The molecular formula is C36H22N6. The Bertz CT molecular complexity index is 2160. The van der Waals surface area contributed by atoms with Crippen molar-refractivity contribution in [1.29, 1.82) is 0 Å². The van der Waals surface area contributed by atoms with Crippen LogP contribution in [-0.4, -0.2) is 29.9 Å². The lowest BCUT2D eigenvalue weighted by molar-refractivity contribution is 1.07. The SMILES string of the molecule is c1cnc2cc(-c3nc(-c4ccc(-c5nccc6ccccc56)cc4)nc(-c4ccc5cccnc5c4)n3)ccc2c1. The highest BCUT2D eigenvalue weighted by molar-refractivity contribution is 5.94. The summed E-state index contributed by atoms with van der Waals surface area (Å²) in [6.45, 7) is 0. The molecule has 0 saturated carbocycles. The molecule has 0 radical (unpaired) electrons. The molecule has 0 amide bonds. The van der Waals surface area contributed by atoms with E-state index in [0.717, 1.165) is 60.5 Å². The van der Waals surface area contributed by atoms with Gasteiger partial charge in [0.25, 0.3) is 0 Å². The van der Waals surface area contributed by atoms with Crippen LogP contribution in [0.2, 0.25) is 0 Å². The number of nitrogens with zero attached hydrogens (tertiary/aromatic N) is 6. The molecule has 42 heavy (non-hydrogen) atoms. The molecule has 0 atom stereocenters. The minimum Gasteiger partial charge on any atom is -0.256 e. The molecule has 4 aromatic heterocycles. The van der Waals surface area contributed by atoms with Crippen LogP contribution >= 0.6 is 0 Å². The van der Waals surface area contributed by atoms with Gasteiger partial charge in [-0.2, -0.15) is 0 Å². The molecule has 0 aliphatic heterocycles. The van der Waals surface area contributed by atoms with E-state index in [1.54, 1.807) is 12.4 Å². The Morgan fingerprint density at radius 3 is 1.52 bits per heavy atom. The molecule has 4 aromatic carbocycles. The number of fused-ring (bicyclic) bond motifs is 3. The van der Waals surface area contributed by atoms with Crippen molar-refractivity contribution in [1.82, 2.24) is 29.9 Å². The summed E-state index contributed by atoms with van der Waals surface area (Å²) >= 11 is 0. The maximum absolute atomic E-state index is 4.94. The van der Waals surface area contributed by atoms with Crippen molar-refractivity contribution in [2.45, 2.75) is 0 Å². The van der Waals surface area contributed by atoms with Crippen LogP contribution in [0, 0.1) is 0 Å². The second-order valence-electron chi connectivity index (χ2n) is 10.1. The zero-order chi connectivity index (χ0) is 27.9. The molecule has 6 nitrogen and oxygen atoms in total. The third kappa shape index (κ3) is 4.32. The summed E-state index contributed by atoms with van der Waals surface area (Å²) in [5, 5.41) is 4.41. The molecule has 4 heterocycles. The van der Waals surface area contributed by atoms with Gasteiger partial charge in [-0.25, -0.2) is 15.0 Å². The molecule has 8 aromatic rings. The van der Waals surface area contributed by atoms with E-state index in [1.807, 2.05) is 97.2 Å². The summed E-state index contributed by atoms with van der Waals surface area (Å²) in [4.78, 5) is 28.6. The van der Waals surface area contributed by atoms with Crippen LogP contribution in [0.3, 0.4) is 0 Å². The Hall–Kier alpha value is -5.88. The molecule has 0 aliphatic rings. The predicted molar refractivity (Wildman–Crippen MR) is 167 cm³/mol. The average Bonchev–Trinajstić information content (AvgIpc) is 3.07. The van der Waals surface area contributed by atoms with E-state index >= 15 is 0 Å². The Labute approximate surface area is 241 Å². The molecule has 0 aliphatic carbocycles. The lowest BCUT2D eigenvalue weighted by Gasteiger charge is -2.10. The van der Waals surface area contributed by atoms with Crippen LogP contribution in [0.5, 0.6) is 0 Å². The Kier molecular flexibility index (Phi) is 5.67. The summed E-state index contributed by atoms with van der Waals surface area (Å²) in [5.41, 5.74) is 6.40. The van der Waals surface area contributed by atoms with Crippen molar-refractivity contribution < 1.29 is 0 Å². The highest BCUT2D eigenvalue weighted by atomic mass is 15.0. The van der Waals surface area contributed by atoms with Gasteiger partial charge in [-0.05, 0) is 35.7 Å². The molecule has 0 N–H and O–H groups in total. The maximum Gasteiger partial charge on any atom is 0.164 e. The normalized spacial score (nSPS) is 11.3. The van der Waals surface area contributed by atoms with Gasteiger partial charge in [0.2, 0.25) is 0 Å². The van der Waals surface area contributed by atoms with Crippen molar-refractivity contribution >= 4 is 32.6 Å². The first-order chi connectivity index (χ1) is 20.8. The Morgan fingerprint density at radius 2 is 0.881 bits per heavy atom. The summed E-state index contributed by atoms with van der Waals surface area (Å²) < 4.78 is 0. The van der Waals surface area contributed by atoms with Crippen molar-refractivity contribution in [3.05, 3.63) is 134 Å². The maximum atomic E-state index is 4.94. The molecule has 0 unspecified atom stereocenters. The monoisotopic (exact) mass is 538 g/mol. The Balaban J connectivity index is 1.27. The van der Waals surface area contributed by atoms with Crippen LogP contribution in [0.15, 0.2) is 134 Å². The zero-order valence-corrected chi connectivity index (χ0v) is 22.4. The van der Waals surface area contributed by atoms with Crippen molar-refractivity contribution in [2.75, 3.05) is 0 Å². The topological polar surface area (TPSA) is 77.3 Å². The average molecular weight is 539 g/mol. The standard InChI is InChI=1S/C36H22N6/c1-2-8-30-23(5-1)17-20-39-33(30)26-11-13-27(14-12-26)34-40-35(28-15-9-24-6-3-18-37-31(24)21-28)42-36(41-34)29-16-10-25-7-4-19-38-32(25)22-29/h1-22H. The molecule has 8 rings (SSSR count). The quantitative estimate of drug-likeness (QED) is 0.225. The largest absolute Gasteiger partial charge is 0.256 e. The lowest BCUT2D eigenvalue weighted by Crippen LogP contribution is -2.00. The number of hydrogen-bond acceptors (Lipinski definition) is 6. The number of benzene rings is 4. The van der Waals surface area contributed by atoms with E-state index in [2.05, 4.69) is 39.2 Å². The van der Waals surface area contributed by atoms with Crippen molar-refractivity contribution in [3.63, 3.8) is 0 Å². The third-order valence-electron chi connectivity index (χ3n) is 7.45. The number of aromatic nitrogens is 6. The molecular weight excluding hydrogens is 516 g/mol. The second-order valence-corrected chi connectivity index (χ2v) is 10.1. The molecule has 0 spiro atoms. The van der Waals surface area contributed by atoms with Gasteiger partial charge < -0.3 is 0 Å². The highest BCUT2D eigenvalue weighted by Crippen LogP contribution is 2.30. The first kappa shape index (κ1) is 24.0. The van der Waals surface area contributed by atoms with E-state index < -0.39 is 0 Å². The van der Waals surface area contributed by atoms with Gasteiger partial charge in [-0.1, -0.05) is 84.9 Å². The fourth-order valence-electron chi connectivity index (χ4n) is 5.30. The number of rotatable bonds is 4. The van der Waals surface area contributed by atoms with E-state index in [0.29, 0.717) is 17.5 Å². The Morgan fingerprint density at radius 1 is 0.357 bits per heavy atom. The smallest absolute Gasteiger partial charge is 0.164 e. The fourth-order valence-corrected chi connectivity index (χ4v) is 5.30. The van der Waals surface area contributed by atoms with E-state index in [4.69, 9.17) is 15.0 Å². The highest BCUT2D eigenvalue weighted by Gasteiger charge is 2.14. The lowest BCUT2D eigenvalue weighted by atomic mass is 10.0. The van der Waals surface area contributed by atoms with Gasteiger partial charge in [0.1, 0.15) is 0 Å². The minimum absolute atomic E-state index is 0.587. The van der Waals surface area contributed by atoms with E-state index in [1.165, 1.54) is 0 Å². The molecule has 0 bridgehead atoms. The van der Waals surface area contributed by atoms with Gasteiger partial charge in [0, 0.05) is 57.0 Å². The van der Waals surface area contributed by atoms with Crippen LogP contribution in [0.25, 0.3) is 78.0 Å². The van der Waals surface area contributed by atoms with Gasteiger partial charge in [-0.15, -0.1) is 0 Å². The first-order valence-electron chi connectivity index (χ1n) is 13.7. The second kappa shape index (κ2) is 9.94. The van der Waals surface area contributed by atoms with Crippen molar-refractivity contribution in [3.8, 4) is 45.4 Å². The summed E-state index contributed by atoms with van der Waals surface area (Å²) in [7, 11) is 0. The van der Waals surface area contributed by atoms with E-state index in [9.17, 15) is 0 Å². The van der Waals surface area contributed by atoms with Crippen LogP contribution in [-0.2, 0) is 0 Å². The van der Waals surface area contributed by atoms with Gasteiger partial charge >= 0.3 is 0 Å². The summed E-state index contributed by atoms with van der Waals surface area (Å²) in [6, 6.07) is 38.7.